The van der Waals surface area contributed by atoms with Crippen molar-refractivity contribution < 1.29 is 0 Å². The third-order valence-electron chi connectivity index (χ3n) is 3.58. The van der Waals surface area contributed by atoms with Crippen molar-refractivity contribution in [2.24, 2.45) is 0 Å². The third-order valence-corrected chi connectivity index (χ3v) is 3.58. The Hall–Kier alpha value is -1.33. The summed E-state index contributed by atoms with van der Waals surface area (Å²) in [5.41, 5.74) is 1.30. The van der Waals surface area contributed by atoms with Gasteiger partial charge in [-0.2, -0.15) is 5.26 Å². The zero-order valence-corrected chi connectivity index (χ0v) is 11.0. The highest BCUT2D eigenvalue weighted by Crippen LogP contribution is 2.23. The Morgan fingerprint density at radius 2 is 1.82 bits per heavy atom. The van der Waals surface area contributed by atoms with E-state index in [9.17, 15) is 0 Å². The molecule has 0 spiro atoms. The van der Waals surface area contributed by atoms with Gasteiger partial charge >= 0.3 is 0 Å². The molecule has 2 heteroatoms. The summed E-state index contributed by atoms with van der Waals surface area (Å²) >= 11 is 0. The largest absolute Gasteiger partial charge is 0.304 e. The van der Waals surface area contributed by atoms with Crippen molar-refractivity contribution in [1.29, 1.82) is 5.26 Å². The Labute approximate surface area is 105 Å². The predicted molar refractivity (Wildman–Crippen MR) is 71.5 cm³/mol. The average Bonchev–Trinajstić information content (AvgIpc) is 2.39. The Kier molecular flexibility index (Phi) is 5.18. The molecule has 1 rings (SSSR count). The number of nitriles is 1. The first-order chi connectivity index (χ1) is 8.15. The Bertz CT molecular complexity index is 360. The van der Waals surface area contributed by atoms with E-state index in [4.69, 9.17) is 5.26 Å². The van der Waals surface area contributed by atoms with Crippen LogP contribution in [0.25, 0.3) is 0 Å². The van der Waals surface area contributed by atoms with Gasteiger partial charge < -0.3 is 5.32 Å². The summed E-state index contributed by atoms with van der Waals surface area (Å²) in [6, 6.07) is 12.6. The van der Waals surface area contributed by atoms with Gasteiger partial charge in [0, 0.05) is 11.6 Å². The van der Waals surface area contributed by atoms with Crippen molar-refractivity contribution in [3.63, 3.8) is 0 Å². The van der Waals surface area contributed by atoms with Crippen molar-refractivity contribution in [3.05, 3.63) is 35.9 Å². The summed E-state index contributed by atoms with van der Waals surface area (Å²) < 4.78 is 0. The van der Waals surface area contributed by atoms with E-state index in [1.807, 2.05) is 18.2 Å². The third kappa shape index (κ3) is 3.87. The molecule has 0 bridgehead atoms. The standard InChI is InChI=1S/C15H22N2/c1-4-15(3,5-2)17-14(11-12-16)13-9-7-6-8-10-13/h6-10,14,17H,4-5,11H2,1-3H3. The van der Waals surface area contributed by atoms with Gasteiger partial charge in [-0.15, -0.1) is 0 Å². The van der Waals surface area contributed by atoms with E-state index in [0.29, 0.717) is 6.42 Å². The van der Waals surface area contributed by atoms with Crippen LogP contribution >= 0.6 is 0 Å². The van der Waals surface area contributed by atoms with Crippen LogP contribution in [0.3, 0.4) is 0 Å². The molecule has 0 aliphatic rings. The second-order valence-electron chi connectivity index (χ2n) is 4.74. The van der Waals surface area contributed by atoms with Gasteiger partial charge in [0.2, 0.25) is 0 Å². The number of hydrogen-bond donors (Lipinski definition) is 1. The van der Waals surface area contributed by atoms with Crippen molar-refractivity contribution in [2.75, 3.05) is 0 Å². The quantitative estimate of drug-likeness (QED) is 0.806. The van der Waals surface area contributed by atoms with E-state index in [0.717, 1.165) is 12.8 Å². The molecular formula is C15H22N2. The first-order valence-electron chi connectivity index (χ1n) is 6.34. The summed E-state index contributed by atoms with van der Waals surface area (Å²) in [6.07, 6.45) is 2.65. The molecule has 1 aromatic rings. The summed E-state index contributed by atoms with van der Waals surface area (Å²) in [5, 5.41) is 12.6. The normalized spacial score (nSPS) is 13.1. The molecule has 2 nitrogen and oxygen atoms in total. The topological polar surface area (TPSA) is 35.8 Å². The zero-order chi connectivity index (χ0) is 12.7. The van der Waals surface area contributed by atoms with Gasteiger partial charge in [0.25, 0.3) is 0 Å². The Morgan fingerprint density at radius 3 is 2.29 bits per heavy atom. The van der Waals surface area contributed by atoms with Gasteiger partial charge in [0.15, 0.2) is 0 Å². The van der Waals surface area contributed by atoms with Crippen LogP contribution in [0.15, 0.2) is 30.3 Å². The molecule has 17 heavy (non-hydrogen) atoms. The fraction of sp³-hybridized carbons (Fsp3) is 0.533. The number of nitrogens with zero attached hydrogens (tertiary/aromatic N) is 1. The molecule has 1 atom stereocenters. The number of hydrogen-bond acceptors (Lipinski definition) is 2. The molecule has 0 aliphatic carbocycles. The fourth-order valence-corrected chi connectivity index (χ4v) is 1.90. The van der Waals surface area contributed by atoms with E-state index in [2.05, 4.69) is 44.3 Å². The maximum Gasteiger partial charge on any atom is 0.0641 e. The zero-order valence-electron chi connectivity index (χ0n) is 11.0. The van der Waals surface area contributed by atoms with Crippen LogP contribution < -0.4 is 5.32 Å². The summed E-state index contributed by atoms with van der Waals surface area (Å²) in [6.45, 7) is 6.59. The lowest BCUT2D eigenvalue weighted by molar-refractivity contribution is 0.291. The van der Waals surface area contributed by atoms with Crippen molar-refractivity contribution >= 4 is 0 Å². The maximum atomic E-state index is 8.95. The second kappa shape index (κ2) is 6.42. The maximum absolute atomic E-state index is 8.95. The predicted octanol–water partition coefficient (Wildman–Crippen LogP) is 3.81. The van der Waals surface area contributed by atoms with Crippen molar-refractivity contribution in [1.82, 2.24) is 5.32 Å². The lowest BCUT2D eigenvalue weighted by Crippen LogP contribution is -2.43. The highest BCUT2D eigenvalue weighted by atomic mass is 15.0. The van der Waals surface area contributed by atoms with Crippen molar-refractivity contribution in [2.45, 2.75) is 51.6 Å². The van der Waals surface area contributed by atoms with E-state index >= 15 is 0 Å². The smallest absolute Gasteiger partial charge is 0.0641 e. The highest BCUT2D eigenvalue weighted by molar-refractivity contribution is 5.20. The highest BCUT2D eigenvalue weighted by Gasteiger charge is 2.24. The molecule has 1 unspecified atom stereocenters. The van der Waals surface area contributed by atoms with E-state index in [1.165, 1.54) is 5.56 Å². The first kappa shape index (κ1) is 13.7. The molecule has 1 aromatic carbocycles. The minimum atomic E-state index is 0.108. The van der Waals surface area contributed by atoms with Crippen LogP contribution in [-0.4, -0.2) is 5.54 Å². The van der Waals surface area contributed by atoms with E-state index in [1.54, 1.807) is 0 Å². The van der Waals surface area contributed by atoms with Crippen LogP contribution in [0.2, 0.25) is 0 Å². The fourth-order valence-electron chi connectivity index (χ4n) is 1.90. The van der Waals surface area contributed by atoms with Crippen molar-refractivity contribution in [3.8, 4) is 6.07 Å². The van der Waals surface area contributed by atoms with Gasteiger partial charge in [0.1, 0.15) is 0 Å². The lowest BCUT2D eigenvalue weighted by Gasteiger charge is -2.33. The molecule has 0 aromatic heterocycles. The average molecular weight is 230 g/mol. The molecule has 0 aliphatic heterocycles. The summed E-state index contributed by atoms with van der Waals surface area (Å²) in [4.78, 5) is 0. The molecule has 0 heterocycles. The van der Waals surface area contributed by atoms with Gasteiger partial charge in [-0.3, -0.25) is 0 Å². The Morgan fingerprint density at radius 1 is 1.24 bits per heavy atom. The van der Waals surface area contributed by atoms with E-state index < -0.39 is 0 Å². The van der Waals surface area contributed by atoms with Crippen LogP contribution in [0.5, 0.6) is 0 Å². The van der Waals surface area contributed by atoms with Gasteiger partial charge in [0.05, 0.1) is 12.5 Å². The molecule has 0 fully saturated rings. The van der Waals surface area contributed by atoms with Crippen LogP contribution in [0.1, 0.15) is 51.6 Å². The minimum absolute atomic E-state index is 0.108. The minimum Gasteiger partial charge on any atom is -0.304 e. The monoisotopic (exact) mass is 230 g/mol. The number of rotatable bonds is 6. The first-order valence-corrected chi connectivity index (χ1v) is 6.34. The van der Waals surface area contributed by atoms with Crippen LogP contribution in [-0.2, 0) is 0 Å². The number of nitrogens with one attached hydrogen (secondary N) is 1. The summed E-state index contributed by atoms with van der Waals surface area (Å²) in [5.74, 6) is 0. The molecule has 0 saturated heterocycles. The van der Waals surface area contributed by atoms with Crippen LogP contribution in [0, 0.1) is 11.3 Å². The van der Waals surface area contributed by atoms with Crippen LogP contribution in [0.4, 0.5) is 0 Å². The van der Waals surface area contributed by atoms with E-state index in [-0.39, 0.29) is 11.6 Å². The second-order valence-corrected chi connectivity index (χ2v) is 4.74. The summed E-state index contributed by atoms with van der Waals surface area (Å²) in [7, 11) is 0. The van der Waals surface area contributed by atoms with Gasteiger partial charge in [-0.25, -0.2) is 0 Å². The molecule has 92 valence electrons. The molecule has 0 amide bonds. The SMILES string of the molecule is CCC(C)(CC)NC(CC#N)c1ccccc1. The Balaban J connectivity index is 2.85. The molecular weight excluding hydrogens is 208 g/mol. The van der Waals surface area contributed by atoms with Gasteiger partial charge in [-0.1, -0.05) is 44.2 Å². The molecule has 0 radical (unpaired) electrons. The molecule has 0 saturated carbocycles. The lowest BCUT2D eigenvalue weighted by atomic mass is 9.92. The van der Waals surface area contributed by atoms with Gasteiger partial charge in [-0.05, 0) is 25.3 Å². The number of benzene rings is 1. The molecule has 1 N–H and O–H groups in total.